The van der Waals surface area contributed by atoms with E-state index in [2.05, 4.69) is 25.6 Å². The molecular formula is C16H12ClF4N5O3. The normalized spacial score (nSPS) is 11.4. The first kappa shape index (κ1) is 20.5. The Balaban J connectivity index is 2.05. The molecule has 0 aliphatic heterocycles. The minimum Gasteiger partial charge on any atom is -0.406 e. The average molecular weight is 434 g/mol. The molecule has 1 aromatic carbocycles. The Hall–Kier alpha value is -3.28. The van der Waals surface area contributed by atoms with Crippen molar-refractivity contribution < 1.29 is 26.7 Å². The van der Waals surface area contributed by atoms with Crippen LogP contribution in [0.3, 0.4) is 0 Å². The van der Waals surface area contributed by atoms with Crippen LogP contribution < -0.4 is 20.9 Å². The highest BCUT2D eigenvalue weighted by molar-refractivity contribution is 6.33. The van der Waals surface area contributed by atoms with E-state index >= 15 is 0 Å². The number of aryl methyl sites for hydroxylation is 1. The molecule has 2 N–H and O–H groups in total. The third-order valence-corrected chi connectivity index (χ3v) is 3.94. The summed E-state index contributed by atoms with van der Waals surface area (Å²) in [5.74, 6) is -1.85. The second kappa shape index (κ2) is 7.62. The lowest BCUT2D eigenvalue weighted by Gasteiger charge is -2.15. The molecule has 0 radical (unpaired) electrons. The Morgan fingerprint density at radius 1 is 1.28 bits per heavy atom. The van der Waals surface area contributed by atoms with E-state index in [1.807, 2.05) is 0 Å². The van der Waals surface area contributed by atoms with Gasteiger partial charge < -0.3 is 24.4 Å². The molecule has 8 nitrogen and oxygen atoms in total. The number of pyridine rings is 1. The van der Waals surface area contributed by atoms with Crippen LogP contribution in [0.5, 0.6) is 5.75 Å². The summed E-state index contributed by atoms with van der Waals surface area (Å²) in [5.41, 5.74) is -1.25. The number of alkyl halides is 3. The molecule has 0 unspecified atom stereocenters. The lowest BCUT2D eigenvalue weighted by Crippen LogP contribution is -2.22. The number of halogens is 5. The van der Waals surface area contributed by atoms with Gasteiger partial charge in [0.25, 0.3) is 11.4 Å². The van der Waals surface area contributed by atoms with Crippen LogP contribution >= 0.6 is 11.6 Å². The van der Waals surface area contributed by atoms with E-state index in [4.69, 9.17) is 16.0 Å². The second-order valence-corrected chi connectivity index (χ2v) is 6.03. The monoisotopic (exact) mass is 433 g/mol. The lowest BCUT2D eigenvalue weighted by molar-refractivity contribution is -0.274. The zero-order valence-electron chi connectivity index (χ0n) is 14.8. The number of nitrogens with zero attached hydrogens (tertiary/aromatic N) is 3. The maximum atomic E-state index is 14.7. The molecule has 0 amide bonds. The number of hydrogen-bond acceptors (Lipinski definition) is 7. The van der Waals surface area contributed by atoms with Gasteiger partial charge >= 0.3 is 12.4 Å². The van der Waals surface area contributed by atoms with Gasteiger partial charge in [0.15, 0.2) is 0 Å². The number of rotatable bonds is 5. The van der Waals surface area contributed by atoms with Gasteiger partial charge in [0.05, 0.1) is 22.0 Å². The molecule has 0 saturated carbocycles. The molecule has 2 heterocycles. The van der Waals surface area contributed by atoms with Gasteiger partial charge in [-0.15, -0.1) is 18.3 Å². The van der Waals surface area contributed by atoms with Crippen molar-refractivity contribution in [3.05, 3.63) is 45.6 Å². The Morgan fingerprint density at radius 3 is 2.59 bits per heavy atom. The molecular weight excluding hydrogens is 422 g/mol. The SMILES string of the molecule is CNc1nnc(-c2cn(C)c(=O)c(F)c2Nc2ccc(OC(F)(F)F)cc2Cl)o1. The van der Waals surface area contributed by atoms with Crippen molar-refractivity contribution in [1.29, 1.82) is 0 Å². The molecule has 3 rings (SSSR count). The van der Waals surface area contributed by atoms with Gasteiger partial charge in [-0.25, -0.2) is 0 Å². The third-order valence-electron chi connectivity index (χ3n) is 3.62. The summed E-state index contributed by atoms with van der Waals surface area (Å²) in [4.78, 5) is 12.0. The Morgan fingerprint density at radius 2 is 2.00 bits per heavy atom. The topological polar surface area (TPSA) is 94.2 Å². The molecule has 0 aliphatic rings. The van der Waals surface area contributed by atoms with Gasteiger partial charge in [0.2, 0.25) is 5.82 Å². The molecule has 154 valence electrons. The van der Waals surface area contributed by atoms with Gasteiger partial charge in [-0.1, -0.05) is 16.7 Å². The fourth-order valence-corrected chi connectivity index (χ4v) is 2.56. The molecule has 29 heavy (non-hydrogen) atoms. The molecule has 2 aromatic heterocycles. The maximum absolute atomic E-state index is 14.7. The minimum atomic E-state index is -4.90. The Labute approximate surface area is 165 Å². The number of aromatic nitrogens is 3. The summed E-state index contributed by atoms with van der Waals surface area (Å²) >= 11 is 5.98. The van der Waals surface area contributed by atoms with E-state index in [9.17, 15) is 22.4 Å². The van der Waals surface area contributed by atoms with Crippen molar-refractivity contribution in [2.75, 3.05) is 17.7 Å². The first-order valence-corrected chi connectivity index (χ1v) is 8.20. The van der Waals surface area contributed by atoms with Crippen molar-refractivity contribution in [3.63, 3.8) is 0 Å². The van der Waals surface area contributed by atoms with Crippen LogP contribution in [0.2, 0.25) is 5.02 Å². The summed E-state index contributed by atoms with van der Waals surface area (Å²) in [6, 6.07) is 3.05. The first-order valence-electron chi connectivity index (χ1n) is 7.82. The molecule has 0 bridgehead atoms. The summed E-state index contributed by atoms with van der Waals surface area (Å²) in [6.07, 6.45) is -3.64. The quantitative estimate of drug-likeness (QED) is 0.589. The van der Waals surface area contributed by atoms with Crippen LogP contribution in [-0.2, 0) is 7.05 Å². The largest absolute Gasteiger partial charge is 0.573 e. The molecule has 0 fully saturated rings. The van der Waals surface area contributed by atoms with Crippen LogP contribution in [-0.4, -0.2) is 28.2 Å². The van der Waals surface area contributed by atoms with Gasteiger partial charge in [-0.3, -0.25) is 4.79 Å². The number of hydrogen-bond donors (Lipinski definition) is 2. The number of benzene rings is 1. The third kappa shape index (κ3) is 4.42. The van der Waals surface area contributed by atoms with E-state index in [-0.39, 0.29) is 33.9 Å². The van der Waals surface area contributed by atoms with Gasteiger partial charge in [0, 0.05) is 26.4 Å². The van der Waals surface area contributed by atoms with Crippen molar-refractivity contribution in [2.45, 2.75) is 6.36 Å². The van der Waals surface area contributed by atoms with E-state index < -0.39 is 23.5 Å². The summed E-state index contributed by atoms with van der Waals surface area (Å²) in [5, 5.41) is 12.4. The van der Waals surface area contributed by atoms with Crippen molar-refractivity contribution in [3.8, 4) is 17.2 Å². The molecule has 0 aliphatic carbocycles. The highest BCUT2D eigenvalue weighted by Crippen LogP contribution is 2.35. The van der Waals surface area contributed by atoms with Crippen LogP contribution in [0, 0.1) is 5.82 Å². The second-order valence-electron chi connectivity index (χ2n) is 5.62. The highest BCUT2D eigenvalue weighted by Gasteiger charge is 2.31. The predicted molar refractivity (Wildman–Crippen MR) is 95.9 cm³/mol. The summed E-state index contributed by atoms with van der Waals surface area (Å²) < 4.78 is 61.8. The predicted octanol–water partition coefficient (Wildman–Crippen LogP) is 3.91. The number of ether oxygens (including phenoxy) is 1. The van der Waals surface area contributed by atoms with Crippen molar-refractivity contribution in [1.82, 2.24) is 14.8 Å². The Kier molecular flexibility index (Phi) is 5.38. The van der Waals surface area contributed by atoms with Crippen molar-refractivity contribution in [2.24, 2.45) is 7.05 Å². The molecule has 3 aromatic rings. The smallest absolute Gasteiger partial charge is 0.406 e. The fraction of sp³-hybridized carbons (Fsp3) is 0.188. The summed E-state index contributed by atoms with van der Waals surface area (Å²) in [6.45, 7) is 0. The fourth-order valence-electron chi connectivity index (χ4n) is 2.34. The van der Waals surface area contributed by atoms with E-state index in [0.717, 1.165) is 22.8 Å². The van der Waals surface area contributed by atoms with E-state index in [0.29, 0.717) is 0 Å². The van der Waals surface area contributed by atoms with Crippen molar-refractivity contribution >= 4 is 29.0 Å². The Bertz CT molecular complexity index is 1110. The first-order chi connectivity index (χ1) is 13.6. The standard InChI is InChI=1S/C16H12ClF4N5O3/c1-22-15-25-24-13(28-15)8-6-26(2)14(27)11(18)12(8)23-10-4-3-7(5-9(10)17)29-16(19,20)21/h3-6,23H,1-2H3,(H,22,25). The van der Waals surface area contributed by atoms with E-state index in [1.54, 1.807) is 0 Å². The van der Waals surface area contributed by atoms with Crippen LogP contribution in [0.15, 0.2) is 33.6 Å². The zero-order valence-corrected chi connectivity index (χ0v) is 15.5. The highest BCUT2D eigenvalue weighted by atomic mass is 35.5. The van der Waals surface area contributed by atoms with Gasteiger partial charge in [0.1, 0.15) is 5.75 Å². The lowest BCUT2D eigenvalue weighted by atomic mass is 10.2. The zero-order chi connectivity index (χ0) is 21.3. The minimum absolute atomic E-state index is 0.0166. The molecule has 13 heteroatoms. The average Bonchev–Trinajstić information content (AvgIpc) is 3.11. The van der Waals surface area contributed by atoms with Crippen LogP contribution in [0.25, 0.3) is 11.5 Å². The van der Waals surface area contributed by atoms with Crippen LogP contribution in [0.1, 0.15) is 0 Å². The maximum Gasteiger partial charge on any atom is 0.573 e. The van der Waals surface area contributed by atoms with Crippen LogP contribution in [0.4, 0.5) is 35.0 Å². The number of nitrogens with one attached hydrogen (secondary N) is 2. The molecule has 0 spiro atoms. The summed E-state index contributed by atoms with van der Waals surface area (Å²) in [7, 11) is 2.85. The van der Waals surface area contributed by atoms with E-state index in [1.165, 1.54) is 20.3 Å². The number of anilines is 3. The van der Waals surface area contributed by atoms with Gasteiger partial charge in [-0.05, 0) is 12.1 Å². The van der Waals surface area contributed by atoms with Gasteiger partial charge in [-0.2, -0.15) is 4.39 Å². The molecule has 0 atom stereocenters. The molecule has 0 saturated heterocycles.